The van der Waals surface area contributed by atoms with Gasteiger partial charge in [0.2, 0.25) is 11.5 Å². The molecule has 0 aliphatic rings. The molecule has 0 amide bonds. The average Bonchev–Trinajstić information content (AvgIpc) is 2.12. The van der Waals surface area contributed by atoms with Gasteiger partial charge in [0.25, 0.3) is 0 Å². The zero-order chi connectivity index (χ0) is 11.7. The van der Waals surface area contributed by atoms with E-state index in [0.717, 1.165) is 0 Å². The third kappa shape index (κ3) is 1.59. The number of benzene rings is 1. The number of nitro groups is 1. The van der Waals surface area contributed by atoms with Crippen LogP contribution in [0.15, 0.2) is 6.07 Å². The van der Waals surface area contributed by atoms with Crippen molar-refractivity contribution in [1.82, 2.24) is 0 Å². The van der Waals surface area contributed by atoms with Gasteiger partial charge in [-0.3, -0.25) is 10.1 Å². The van der Waals surface area contributed by atoms with Crippen LogP contribution >= 0.6 is 0 Å². The molecule has 0 bridgehead atoms. The normalized spacial score (nSPS) is 9.87. The van der Waals surface area contributed by atoms with Crippen LogP contribution in [-0.4, -0.2) is 31.3 Å². The lowest BCUT2D eigenvalue weighted by atomic mass is 10.1. The number of aromatic carboxylic acids is 1. The SMILES string of the molecule is O=C(O)c1cc(O)c(O)c(O)c1[N+](=O)[O-]. The van der Waals surface area contributed by atoms with Gasteiger partial charge in [-0.2, -0.15) is 0 Å². The Kier molecular flexibility index (Phi) is 2.35. The third-order valence-corrected chi connectivity index (χ3v) is 1.64. The summed E-state index contributed by atoms with van der Waals surface area (Å²) < 4.78 is 0. The number of carboxylic acids is 1. The highest BCUT2D eigenvalue weighted by molar-refractivity contribution is 5.95. The molecule has 0 heterocycles. The fraction of sp³-hybridized carbons (Fsp3) is 0. The second-order valence-electron chi connectivity index (χ2n) is 2.55. The maximum atomic E-state index is 10.5. The number of aromatic hydroxyl groups is 3. The second-order valence-corrected chi connectivity index (χ2v) is 2.55. The van der Waals surface area contributed by atoms with Crippen molar-refractivity contribution in [3.63, 3.8) is 0 Å². The van der Waals surface area contributed by atoms with E-state index in [1.807, 2.05) is 0 Å². The summed E-state index contributed by atoms with van der Waals surface area (Å²) in [6, 6.07) is 0.482. The van der Waals surface area contributed by atoms with E-state index in [1.54, 1.807) is 0 Å². The number of carboxylic acid groups (broad SMARTS) is 1. The number of nitro benzene ring substituents is 1. The van der Waals surface area contributed by atoms with Crippen molar-refractivity contribution in [2.45, 2.75) is 0 Å². The summed E-state index contributed by atoms with van der Waals surface area (Å²) in [5.74, 6) is -5.06. The molecule has 0 aromatic heterocycles. The molecule has 0 fully saturated rings. The predicted molar refractivity (Wildman–Crippen MR) is 45.1 cm³/mol. The number of hydrogen-bond donors (Lipinski definition) is 4. The molecule has 0 saturated carbocycles. The molecule has 0 unspecified atom stereocenters. The van der Waals surface area contributed by atoms with Crippen molar-refractivity contribution in [1.29, 1.82) is 0 Å². The number of phenolic OH excluding ortho intramolecular Hbond substituents is 3. The minimum atomic E-state index is -1.70. The average molecular weight is 215 g/mol. The Morgan fingerprint density at radius 3 is 2.20 bits per heavy atom. The van der Waals surface area contributed by atoms with Crippen LogP contribution < -0.4 is 0 Å². The molecule has 1 aromatic rings. The molecule has 0 saturated heterocycles. The van der Waals surface area contributed by atoms with Gasteiger partial charge in [0, 0.05) is 6.07 Å². The second kappa shape index (κ2) is 3.33. The summed E-state index contributed by atoms with van der Waals surface area (Å²) in [6.45, 7) is 0. The van der Waals surface area contributed by atoms with E-state index in [9.17, 15) is 14.9 Å². The van der Waals surface area contributed by atoms with Crippen molar-refractivity contribution in [2.24, 2.45) is 0 Å². The van der Waals surface area contributed by atoms with Gasteiger partial charge < -0.3 is 20.4 Å². The molecule has 80 valence electrons. The largest absolute Gasteiger partial charge is 0.504 e. The van der Waals surface area contributed by atoms with E-state index in [-0.39, 0.29) is 0 Å². The van der Waals surface area contributed by atoms with Crippen LogP contribution in [0.5, 0.6) is 17.2 Å². The van der Waals surface area contributed by atoms with E-state index in [4.69, 9.17) is 20.4 Å². The summed E-state index contributed by atoms with van der Waals surface area (Å²) in [7, 11) is 0. The molecular weight excluding hydrogens is 210 g/mol. The maximum Gasteiger partial charge on any atom is 0.343 e. The van der Waals surface area contributed by atoms with Gasteiger partial charge in [-0.05, 0) is 0 Å². The zero-order valence-electron chi connectivity index (χ0n) is 7.04. The topological polar surface area (TPSA) is 141 Å². The van der Waals surface area contributed by atoms with E-state index >= 15 is 0 Å². The molecular formula is C7H5NO7. The van der Waals surface area contributed by atoms with Gasteiger partial charge in [-0.15, -0.1) is 0 Å². The summed E-state index contributed by atoms with van der Waals surface area (Å²) in [4.78, 5) is 19.8. The summed E-state index contributed by atoms with van der Waals surface area (Å²) in [5, 5.41) is 45.9. The van der Waals surface area contributed by atoms with Gasteiger partial charge in [-0.25, -0.2) is 4.79 Å². The van der Waals surface area contributed by atoms with Gasteiger partial charge in [0.05, 0.1) is 4.92 Å². The Labute approximate surface area is 81.8 Å². The maximum absolute atomic E-state index is 10.5. The van der Waals surface area contributed by atoms with Crippen LogP contribution in [0.4, 0.5) is 5.69 Å². The van der Waals surface area contributed by atoms with Crippen LogP contribution in [0.25, 0.3) is 0 Å². The fourth-order valence-electron chi connectivity index (χ4n) is 0.982. The van der Waals surface area contributed by atoms with Crippen molar-refractivity contribution in [3.05, 3.63) is 21.7 Å². The molecule has 0 atom stereocenters. The Balaban J connectivity index is 3.65. The summed E-state index contributed by atoms with van der Waals surface area (Å²) in [5.41, 5.74) is -2.08. The molecule has 15 heavy (non-hydrogen) atoms. The Morgan fingerprint density at radius 1 is 1.27 bits per heavy atom. The predicted octanol–water partition coefficient (Wildman–Crippen LogP) is 0.410. The monoisotopic (exact) mass is 215 g/mol. The highest BCUT2D eigenvalue weighted by Crippen LogP contribution is 2.43. The number of nitrogens with zero attached hydrogens (tertiary/aromatic N) is 1. The highest BCUT2D eigenvalue weighted by atomic mass is 16.6. The number of carbonyl (C=O) groups is 1. The minimum absolute atomic E-state index is 0.482. The first kappa shape index (κ1) is 10.6. The smallest absolute Gasteiger partial charge is 0.343 e. The minimum Gasteiger partial charge on any atom is -0.504 e. The number of hydrogen-bond acceptors (Lipinski definition) is 6. The van der Waals surface area contributed by atoms with E-state index in [2.05, 4.69) is 0 Å². The molecule has 8 heteroatoms. The van der Waals surface area contributed by atoms with Crippen molar-refractivity contribution >= 4 is 11.7 Å². The molecule has 0 spiro atoms. The van der Waals surface area contributed by atoms with Crippen molar-refractivity contribution in [2.75, 3.05) is 0 Å². The Bertz CT molecular complexity index is 453. The van der Waals surface area contributed by atoms with Crippen LogP contribution in [0.3, 0.4) is 0 Å². The lowest BCUT2D eigenvalue weighted by Gasteiger charge is -2.04. The van der Waals surface area contributed by atoms with E-state index < -0.39 is 39.4 Å². The van der Waals surface area contributed by atoms with Crippen LogP contribution in [0, 0.1) is 10.1 Å². The number of rotatable bonds is 2. The van der Waals surface area contributed by atoms with Crippen molar-refractivity contribution in [3.8, 4) is 17.2 Å². The lowest BCUT2D eigenvalue weighted by Crippen LogP contribution is -2.02. The molecule has 0 aliphatic carbocycles. The molecule has 1 rings (SSSR count). The quantitative estimate of drug-likeness (QED) is 0.318. The van der Waals surface area contributed by atoms with Gasteiger partial charge in [0.15, 0.2) is 5.75 Å². The lowest BCUT2D eigenvalue weighted by molar-refractivity contribution is -0.386. The fourth-order valence-corrected chi connectivity index (χ4v) is 0.982. The van der Waals surface area contributed by atoms with Crippen LogP contribution in [0.1, 0.15) is 10.4 Å². The summed E-state index contributed by atoms with van der Waals surface area (Å²) in [6.07, 6.45) is 0. The third-order valence-electron chi connectivity index (χ3n) is 1.64. The highest BCUT2D eigenvalue weighted by Gasteiger charge is 2.29. The Hall–Kier alpha value is -2.51. The van der Waals surface area contributed by atoms with Gasteiger partial charge in [-0.1, -0.05) is 0 Å². The van der Waals surface area contributed by atoms with Crippen LogP contribution in [0.2, 0.25) is 0 Å². The van der Waals surface area contributed by atoms with Crippen molar-refractivity contribution < 1.29 is 30.1 Å². The van der Waals surface area contributed by atoms with E-state index in [0.29, 0.717) is 6.07 Å². The summed E-state index contributed by atoms with van der Waals surface area (Å²) >= 11 is 0. The molecule has 0 aliphatic heterocycles. The molecule has 8 nitrogen and oxygen atoms in total. The van der Waals surface area contributed by atoms with Crippen LogP contribution in [-0.2, 0) is 0 Å². The molecule has 1 aromatic carbocycles. The molecule has 4 N–H and O–H groups in total. The first-order valence-corrected chi connectivity index (χ1v) is 3.51. The number of phenols is 3. The first-order valence-electron chi connectivity index (χ1n) is 3.51. The Morgan fingerprint density at radius 2 is 1.80 bits per heavy atom. The van der Waals surface area contributed by atoms with Gasteiger partial charge in [0.1, 0.15) is 5.56 Å². The molecule has 0 radical (unpaired) electrons. The standard InChI is InChI=1S/C7H5NO7/c9-3-1-2(7(12)13)4(8(14)15)6(11)5(3)10/h1,9-11H,(H,12,13). The van der Waals surface area contributed by atoms with E-state index in [1.165, 1.54) is 0 Å². The van der Waals surface area contributed by atoms with Gasteiger partial charge >= 0.3 is 11.7 Å². The first-order chi connectivity index (χ1) is 6.86. The zero-order valence-corrected chi connectivity index (χ0v) is 7.04.